The number of benzene rings is 2. The summed E-state index contributed by atoms with van der Waals surface area (Å²) in [4.78, 5) is 20.4. The van der Waals surface area contributed by atoms with E-state index in [-0.39, 0.29) is 5.91 Å². The Hall–Kier alpha value is -3.78. The lowest BCUT2D eigenvalue weighted by atomic mass is 10.0. The number of H-pyrrole nitrogens is 1. The lowest BCUT2D eigenvalue weighted by Gasteiger charge is -2.12. The number of halogens is 1. The second-order valence-corrected chi connectivity index (χ2v) is 7.93. The van der Waals surface area contributed by atoms with Crippen LogP contribution in [0.1, 0.15) is 10.5 Å². The van der Waals surface area contributed by atoms with Crippen LogP contribution in [-0.2, 0) is 0 Å². The number of aromatic nitrogens is 4. The van der Waals surface area contributed by atoms with Gasteiger partial charge in [0.15, 0.2) is 5.65 Å². The summed E-state index contributed by atoms with van der Waals surface area (Å²) in [5.41, 5.74) is 4.82. The van der Waals surface area contributed by atoms with Crippen LogP contribution >= 0.6 is 11.6 Å². The summed E-state index contributed by atoms with van der Waals surface area (Å²) < 4.78 is 1.76. The highest BCUT2D eigenvalue weighted by atomic mass is 35.5. The highest BCUT2D eigenvalue weighted by molar-refractivity contribution is 6.36. The van der Waals surface area contributed by atoms with Gasteiger partial charge in [0.25, 0.3) is 5.91 Å². The summed E-state index contributed by atoms with van der Waals surface area (Å²) >= 11 is 6.39. The third-order valence-corrected chi connectivity index (χ3v) is 5.62. The van der Waals surface area contributed by atoms with Crippen LogP contribution in [0.5, 0.6) is 0 Å². The van der Waals surface area contributed by atoms with E-state index in [1.54, 1.807) is 10.7 Å². The lowest BCUT2D eigenvalue weighted by molar-refractivity contribution is 0.0951. The number of fused-ring (bicyclic) bond motifs is 2. The SMILES string of the molecule is Bc1cnn2c(NCCNC(=O)c3cc4ccccc4[nH]3)cc(-c3ccccc3Cl)nc12. The Bertz CT molecular complexity index is 1410. The number of amides is 1. The molecule has 2 aromatic carbocycles. The van der Waals surface area contributed by atoms with Gasteiger partial charge >= 0.3 is 0 Å². The van der Waals surface area contributed by atoms with Gasteiger partial charge in [0.1, 0.15) is 19.4 Å². The number of anilines is 1. The number of aromatic amines is 1. The Morgan fingerprint density at radius 3 is 2.75 bits per heavy atom. The standard InChI is InChI=1S/C23H20BClN6O/c24-16-13-28-31-21(12-19(30-22(16)31)15-6-2-3-7-17(15)25)26-9-10-27-23(32)20-11-14-5-1-4-8-18(14)29-20/h1-8,11-13,26,29H,9-10,24H2,(H,27,32). The fourth-order valence-electron chi connectivity index (χ4n) is 3.66. The van der Waals surface area contributed by atoms with E-state index in [2.05, 4.69) is 20.7 Å². The van der Waals surface area contributed by atoms with Gasteiger partial charge in [0, 0.05) is 46.8 Å². The number of nitrogens with zero attached hydrogens (tertiary/aromatic N) is 3. The highest BCUT2D eigenvalue weighted by Crippen LogP contribution is 2.28. The van der Waals surface area contributed by atoms with Gasteiger partial charge in [-0.05, 0) is 23.7 Å². The molecule has 0 saturated carbocycles. The number of nitrogens with one attached hydrogen (secondary N) is 3. The Balaban J connectivity index is 1.31. The molecule has 0 saturated heterocycles. The largest absolute Gasteiger partial charge is 0.368 e. The summed E-state index contributed by atoms with van der Waals surface area (Å²) in [5, 5.41) is 12.4. The van der Waals surface area contributed by atoms with Gasteiger partial charge in [0.05, 0.1) is 5.69 Å². The van der Waals surface area contributed by atoms with Crippen molar-refractivity contribution in [2.45, 2.75) is 0 Å². The third kappa shape index (κ3) is 3.80. The second kappa shape index (κ2) is 8.40. The zero-order chi connectivity index (χ0) is 22.1. The third-order valence-electron chi connectivity index (χ3n) is 5.29. The van der Waals surface area contributed by atoms with Crippen molar-refractivity contribution in [1.29, 1.82) is 0 Å². The molecule has 0 atom stereocenters. The first kappa shape index (κ1) is 20.1. The van der Waals surface area contributed by atoms with E-state index in [0.717, 1.165) is 39.1 Å². The molecule has 1 amide bonds. The maximum Gasteiger partial charge on any atom is 0.267 e. The average Bonchev–Trinajstić information content (AvgIpc) is 3.41. The zero-order valence-electron chi connectivity index (χ0n) is 17.4. The van der Waals surface area contributed by atoms with Gasteiger partial charge in [-0.25, -0.2) is 4.98 Å². The van der Waals surface area contributed by atoms with Gasteiger partial charge in [-0.15, -0.1) is 0 Å². The molecule has 9 heteroatoms. The Kier molecular flexibility index (Phi) is 5.29. The van der Waals surface area contributed by atoms with E-state index >= 15 is 0 Å². The molecular weight excluding hydrogens is 423 g/mol. The Morgan fingerprint density at radius 1 is 1.09 bits per heavy atom. The van der Waals surface area contributed by atoms with E-state index in [1.165, 1.54) is 0 Å². The van der Waals surface area contributed by atoms with Crippen LogP contribution < -0.4 is 16.1 Å². The Morgan fingerprint density at radius 2 is 1.91 bits per heavy atom. The van der Waals surface area contributed by atoms with Gasteiger partial charge in [-0.2, -0.15) is 9.61 Å². The minimum absolute atomic E-state index is 0.144. The van der Waals surface area contributed by atoms with E-state index in [4.69, 9.17) is 16.6 Å². The number of carbonyl (C=O) groups is 1. The predicted octanol–water partition coefficient (Wildman–Crippen LogP) is 2.63. The van der Waals surface area contributed by atoms with Gasteiger partial charge in [-0.1, -0.05) is 48.0 Å². The Labute approximate surface area is 190 Å². The number of para-hydroxylation sites is 1. The molecular formula is C23H20BClN6O. The van der Waals surface area contributed by atoms with Crippen LogP contribution in [0.3, 0.4) is 0 Å². The molecule has 0 radical (unpaired) electrons. The molecule has 3 heterocycles. The molecule has 0 aliphatic carbocycles. The minimum Gasteiger partial charge on any atom is -0.368 e. The molecule has 0 spiro atoms. The minimum atomic E-state index is -0.144. The van der Waals surface area contributed by atoms with Gasteiger partial charge in [-0.3, -0.25) is 4.79 Å². The van der Waals surface area contributed by atoms with Crippen LogP contribution in [0, 0.1) is 0 Å². The van der Waals surface area contributed by atoms with Gasteiger partial charge < -0.3 is 15.6 Å². The maximum absolute atomic E-state index is 12.5. The van der Waals surface area contributed by atoms with Crippen molar-refractivity contribution in [3.63, 3.8) is 0 Å². The van der Waals surface area contributed by atoms with Crippen molar-refractivity contribution in [3.8, 4) is 11.3 Å². The van der Waals surface area contributed by atoms with E-state index < -0.39 is 0 Å². The summed E-state index contributed by atoms with van der Waals surface area (Å²) in [5.74, 6) is 0.632. The fraction of sp³-hybridized carbons (Fsp3) is 0.0870. The molecule has 3 aromatic heterocycles. The molecule has 5 aromatic rings. The molecule has 0 aliphatic heterocycles. The van der Waals surface area contributed by atoms with Crippen molar-refractivity contribution >= 4 is 53.2 Å². The van der Waals surface area contributed by atoms with Crippen LogP contribution in [-0.4, -0.2) is 46.4 Å². The van der Waals surface area contributed by atoms with Gasteiger partial charge in [0.2, 0.25) is 0 Å². The topological polar surface area (TPSA) is 87.1 Å². The highest BCUT2D eigenvalue weighted by Gasteiger charge is 2.13. The summed E-state index contributed by atoms with van der Waals surface area (Å²) in [6, 6.07) is 19.2. The van der Waals surface area contributed by atoms with Crippen LogP contribution in [0.25, 0.3) is 27.8 Å². The quantitative estimate of drug-likeness (QED) is 0.279. The lowest BCUT2D eigenvalue weighted by Crippen LogP contribution is -2.29. The second-order valence-electron chi connectivity index (χ2n) is 7.52. The monoisotopic (exact) mass is 442 g/mol. The number of rotatable bonds is 6. The molecule has 0 bridgehead atoms. The smallest absolute Gasteiger partial charge is 0.267 e. The van der Waals surface area contributed by atoms with Crippen LogP contribution in [0.4, 0.5) is 5.82 Å². The van der Waals surface area contributed by atoms with E-state index in [0.29, 0.717) is 23.8 Å². The van der Waals surface area contributed by atoms with E-state index in [1.807, 2.05) is 68.5 Å². The van der Waals surface area contributed by atoms with Crippen LogP contribution in [0.2, 0.25) is 5.02 Å². The summed E-state index contributed by atoms with van der Waals surface area (Å²) in [6.45, 7) is 0.964. The molecule has 0 aliphatic rings. The zero-order valence-corrected chi connectivity index (χ0v) is 18.1. The first-order valence-corrected chi connectivity index (χ1v) is 10.7. The first-order valence-electron chi connectivity index (χ1n) is 10.3. The molecule has 5 rings (SSSR count). The molecule has 0 fully saturated rings. The first-order chi connectivity index (χ1) is 15.6. The van der Waals surface area contributed by atoms with Crippen molar-refractivity contribution < 1.29 is 4.79 Å². The predicted molar refractivity (Wildman–Crippen MR) is 131 cm³/mol. The van der Waals surface area contributed by atoms with Crippen molar-refractivity contribution in [2.24, 2.45) is 0 Å². The normalized spacial score (nSPS) is 11.2. The molecule has 158 valence electrons. The molecule has 3 N–H and O–H groups in total. The van der Waals surface area contributed by atoms with Crippen LogP contribution in [0.15, 0.2) is 66.9 Å². The molecule has 32 heavy (non-hydrogen) atoms. The van der Waals surface area contributed by atoms with E-state index in [9.17, 15) is 4.79 Å². The van der Waals surface area contributed by atoms with Crippen molar-refractivity contribution in [1.82, 2.24) is 24.9 Å². The number of hydrogen-bond donors (Lipinski definition) is 3. The van der Waals surface area contributed by atoms with Crippen molar-refractivity contribution in [3.05, 3.63) is 77.6 Å². The summed E-state index contributed by atoms with van der Waals surface area (Å²) in [7, 11) is 1.97. The fourth-order valence-corrected chi connectivity index (χ4v) is 3.90. The molecule has 7 nitrogen and oxygen atoms in total. The number of hydrogen-bond acceptors (Lipinski definition) is 4. The molecule has 0 unspecified atom stereocenters. The average molecular weight is 443 g/mol. The van der Waals surface area contributed by atoms with Crippen molar-refractivity contribution in [2.75, 3.05) is 18.4 Å². The summed E-state index contributed by atoms with van der Waals surface area (Å²) in [6.07, 6.45) is 1.78. The number of carbonyl (C=O) groups excluding carboxylic acids is 1. The maximum atomic E-state index is 12.5.